The van der Waals surface area contributed by atoms with Crippen molar-refractivity contribution in [2.45, 2.75) is 53.4 Å². The molecule has 0 nitrogen and oxygen atoms in total. The third kappa shape index (κ3) is 2.50. The lowest BCUT2D eigenvalue weighted by Crippen LogP contribution is -2.23. The molecule has 0 spiro atoms. The van der Waals surface area contributed by atoms with Gasteiger partial charge in [-0.3, -0.25) is 0 Å². The molecule has 0 aromatic carbocycles. The van der Waals surface area contributed by atoms with E-state index in [4.69, 9.17) is 0 Å². The summed E-state index contributed by atoms with van der Waals surface area (Å²) in [7, 11) is 0. The van der Waals surface area contributed by atoms with Crippen LogP contribution in [0.3, 0.4) is 0 Å². The van der Waals surface area contributed by atoms with Gasteiger partial charge < -0.3 is 0 Å². The lowest BCUT2D eigenvalue weighted by atomic mass is 9.71. The molecule has 0 saturated heterocycles. The number of hydrogen-bond donors (Lipinski definition) is 0. The van der Waals surface area contributed by atoms with Gasteiger partial charge in [0.15, 0.2) is 0 Å². The van der Waals surface area contributed by atoms with E-state index in [9.17, 15) is 0 Å². The highest BCUT2D eigenvalue weighted by atomic mass is 14.3. The minimum Gasteiger partial charge on any atom is -0.0648 e. The molecule has 0 amide bonds. The standard InChI is InChI=1S/C11H22/c1-6-10(7-2)11(5,8-3)9-4/h5-9H2,1-4H3. The highest BCUT2D eigenvalue weighted by Crippen LogP contribution is 2.39. The van der Waals surface area contributed by atoms with Gasteiger partial charge in [0.05, 0.1) is 0 Å². The van der Waals surface area contributed by atoms with Crippen LogP contribution in [0.1, 0.15) is 53.4 Å². The molecule has 0 saturated carbocycles. The van der Waals surface area contributed by atoms with Gasteiger partial charge in [-0.25, -0.2) is 0 Å². The van der Waals surface area contributed by atoms with E-state index in [1.54, 1.807) is 5.92 Å². The first-order valence-corrected chi connectivity index (χ1v) is 4.85. The van der Waals surface area contributed by atoms with Gasteiger partial charge >= 0.3 is 0 Å². The fourth-order valence-electron chi connectivity index (χ4n) is 1.75. The Morgan fingerprint density at radius 3 is 1.45 bits per heavy atom. The second-order valence-electron chi connectivity index (χ2n) is 3.30. The van der Waals surface area contributed by atoms with Gasteiger partial charge in [0.2, 0.25) is 0 Å². The molecule has 0 aromatic rings. The van der Waals surface area contributed by atoms with Gasteiger partial charge in [0.25, 0.3) is 0 Å². The SMILES string of the molecule is [CH2]C(CC)(CC)[C](CC)CC. The maximum Gasteiger partial charge on any atom is -0.0185 e. The Morgan fingerprint density at radius 2 is 1.36 bits per heavy atom. The van der Waals surface area contributed by atoms with Crippen LogP contribution in [-0.4, -0.2) is 0 Å². The molecular formula is C11H22. The molecule has 0 atom stereocenters. The maximum absolute atomic E-state index is 4.31. The molecular weight excluding hydrogens is 132 g/mol. The molecule has 0 heteroatoms. The third-order valence-corrected chi connectivity index (χ3v) is 2.96. The fraction of sp³-hybridized carbons (Fsp3) is 0.818. The van der Waals surface area contributed by atoms with Crippen LogP contribution in [0.5, 0.6) is 0 Å². The van der Waals surface area contributed by atoms with Crippen molar-refractivity contribution in [2.24, 2.45) is 5.41 Å². The van der Waals surface area contributed by atoms with Crippen molar-refractivity contribution in [1.82, 2.24) is 0 Å². The first kappa shape index (κ1) is 11.0. The van der Waals surface area contributed by atoms with E-state index in [1.807, 2.05) is 0 Å². The van der Waals surface area contributed by atoms with Crippen LogP contribution in [0.2, 0.25) is 0 Å². The Labute approximate surface area is 72.4 Å². The van der Waals surface area contributed by atoms with Crippen LogP contribution in [0.4, 0.5) is 0 Å². The molecule has 66 valence electrons. The van der Waals surface area contributed by atoms with Crippen molar-refractivity contribution < 1.29 is 0 Å². The summed E-state index contributed by atoms with van der Waals surface area (Å²) in [6.45, 7) is 13.3. The summed E-state index contributed by atoms with van der Waals surface area (Å²) in [6, 6.07) is 0. The van der Waals surface area contributed by atoms with Gasteiger partial charge in [-0.15, -0.1) is 0 Å². The van der Waals surface area contributed by atoms with Gasteiger partial charge in [-0.05, 0) is 43.9 Å². The lowest BCUT2D eigenvalue weighted by Gasteiger charge is -2.34. The molecule has 11 heavy (non-hydrogen) atoms. The molecule has 0 fully saturated rings. The van der Waals surface area contributed by atoms with Gasteiger partial charge in [0.1, 0.15) is 0 Å². The molecule has 0 heterocycles. The quantitative estimate of drug-likeness (QED) is 0.561. The van der Waals surface area contributed by atoms with Crippen LogP contribution >= 0.6 is 0 Å². The minimum absolute atomic E-state index is 0.267. The number of hydrogen-bond acceptors (Lipinski definition) is 0. The molecule has 2 radical (unpaired) electrons. The highest BCUT2D eigenvalue weighted by molar-refractivity contribution is 5.06. The Hall–Kier alpha value is 0. The van der Waals surface area contributed by atoms with Crippen LogP contribution in [-0.2, 0) is 0 Å². The first-order chi connectivity index (χ1) is 5.14. The van der Waals surface area contributed by atoms with Crippen molar-refractivity contribution >= 4 is 0 Å². The minimum atomic E-state index is 0.267. The fourth-order valence-corrected chi connectivity index (χ4v) is 1.75. The number of rotatable bonds is 5. The van der Waals surface area contributed by atoms with E-state index in [1.165, 1.54) is 25.7 Å². The van der Waals surface area contributed by atoms with Crippen molar-refractivity contribution in [1.29, 1.82) is 0 Å². The average Bonchev–Trinajstić information content (AvgIpc) is 2.06. The van der Waals surface area contributed by atoms with Gasteiger partial charge in [-0.2, -0.15) is 0 Å². The molecule has 0 rings (SSSR count). The molecule has 0 aliphatic heterocycles. The Bertz CT molecular complexity index is 86.2. The van der Waals surface area contributed by atoms with Crippen LogP contribution in [0, 0.1) is 18.3 Å². The summed E-state index contributed by atoms with van der Waals surface area (Å²) in [5.74, 6) is 1.63. The van der Waals surface area contributed by atoms with Gasteiger partial charge in [-0.1, -0.05) is 27.7 Å². The second-order valence-corrected chi connectivity index (χ2v) is 3.30. The van der Waals surface area contributed by atoms with Crippen molar-refractivity contribution in [3.8, 4) is 0 Å². The summed E-state index contributed by atoms with van der Waals surface area (Å²) in [6.07, 6.45) is 4.75. The normalized spacial score (nSPS) is 12.5. The largest absolute Gasteiger partial charge is 0.0648 e. The predicted molar refractivity (Wildman–Crippen MR) is 52.2 cm³/mol. The Balaban J connectivity index is 4.19. The Kier molecular flexibility index (Phi) is 4.79. The zero-order valence-electron chi connectivity index (χ0n) is 8.54. The first-order valence-electron chi connectivity index (χ1n) is 4.85. The van der Waals surface area contributed by atoms with Crippen molar-refractivity contribution in [2.75, 3.05) is 0 Å². The maximum atomic E-state index is 4.31. The van der Waals surface area contributed by atoms with E-state index < -0.39 is 0 Å². The summed E-state index contributed by atoms with van der Waals surface area (Å²) in [5, 5.41) is 0. The van der Waals surface area contributed by atoms with E-state index in [2.05, 4.69) is 34.6 Å². The molecule has 0 bridgehead atoms. The second kappa shape index (κ2) is 4.79. The zero-order chi connectivity index (χ0) is 8.91. The van der Waals surface area contributed by atoms with Crippen molar-refractivity contribution in [3.63, 3.8) is 0 Å². The van der Waals surface area contributed by atoms with Crippen LogP contribution in [0.15, 0.2) is 0 Å². The molecule has 0 aliphatic carbocycles. The highest BCUT2D eigenvalue weighted by Gasteiger charge is 2.28. The van der Waals surface area contributed by atoms with Gasteiger partial charge in [0, 0.05) is 0 Å². The molecule has 0 N–H and O–H groups in total. The predicted octanol–water partition coefficient (Wildman–Crippen LogP) is 4.02. The van der Waals surface area contributed by atoms with Crippen LogP contribution in [0.25, 0.3) is 0 Å². The summed E-state index contributed by atoms with van der Waals surface area (Å²) >= 11 is 0. The monoisotopic (exact) mass is 154 g/mol. The summed E-state index contributed by atoms with van der Waals surface area (Å²) < 4.78 is 0. The summed E-state index contributed by atoms with van der Waals surface area (Å²) in [4.78, 5) is 0. The zero-order valence-corrected chi connectivity index (χ0v) is 8.54. The lowest BCUT2D eigenvalue weighted by molar-refractivity contribution is 0.339. The van der Waals surface area contributed by atoms with E-state index in [-0.39, 0.29) is 5.41 Å². The molecule has 0 aliphatic rings. The average molecular weight is 154 g/mol. The topological polar surface area (TPSA) is 0 Å². The van der Waals surface area contributed by atoms with Crippen molar-refractivity contribution in [3.05, 3.63) is 12.8 Å². The third-order valence-electron chi connectivity index (χ3n) is 2.96. The van der Waals surface area contributed by atoms with E-state index in [0.29, 0.717) is 0 Å². The van der Waals surface area contributed by atoms with E-state index in [0.717, 1.165) is 0 Å². The summed E-state index contributed by atoms with van der Waals surface area (Å²) in [5.41, 5.74) is 0.267. The van der Waals surface area contributed by atoms with Crippen LogP contribution < -0.4 is 0 Å². The smallest absolute Gasteiger partial charge is 0.0185 e. The Morgan fingerprint density at radius 1 is 1.00 bits per heavy atom. The van der Waals surface area contributed by atoms with E-state index >= 15 is 0 Å². The molecule has 0 aromatic heterocycles. The molecule has 0 unspecified atom stereocenters.